The van der Waals surface area contributed by atoms with Gasteiger partial charge in [0.1, 0.15) is 5.82 Å². The largest absolute Gasteiger partial charge is 0.241 e. The quantitative estimate of drug-likeness (QED) is 0.532. The molecule has 0 aliphatic heterocycles. The van der Waals surface area contributed by atoms with Crippen molar-refractivity contribution in [1.29, 1.82) is 0 Å². The molecule has 1 aliphatic rings. The molecule has 2 heteroatoms. The first kappa shape index (κ1) is 5.59. The van der Waals surface area contributed by atoms with Crippen LogP contribution in [0.25, 0.3) is 6.08 Å². The van der Waals surface area contributed by atoms with Crippen molar-refractivity contribution in [3.8, 4) is 0 Å². The van der Waals surface area contributed by atoms with Gasteiger partial charge in [-0.2, -0.15) is 0 Å². The van der Waals surface area contributed by atoms with Crippen molar-refractivity contribution < 1.29 is 0 Å². The maximum absolute atomic E-state index is 4.28. The maximum Gasteiger partial charge on any atom is 0.125 e. The zero-order valence-electron chi connectivity index (χ0n) is 5.83. The van der Waals surface area contributed by atoms with Crippen LogP contribution in [0.1, 0.15) is 17.1 Å². The van der Waals surface area contributed by atoms with Crippen molar-refractivity contribution in [3.05, 3.63) is 29.4 Å². The fraction of sp³-hybridized carbons (Fsp3) is 0.250. The van der Waals surface area contributed by atoms with E-state index in [1.165, 1.54) is 5.56 Å². The Balaban J connectivity index is 2.59. The van der Waals surface area contributed by atoms with Crippen LogP contribution in [0.3, 0.4) is 0 Å². The Kier molecular flexibility index (Phi) is 1.07. The molecule has 2 rings (SSSR count). The third-order valence-electron chi connectivity index (χ3n) is 1.63. The first-order valence-corrected chi connectivity index (χ1v) is 3.35. The summed E-state index contributed by atoms with van der Waals surface area (Å²) >= 11 is 0. The molecule has 0 saturated carbocycles. The van der Waals surface area contributed by atoms with Crippen LogP contribution in [-0.4, -0.2) is 9.97 Å². The normalized spacial score (nSPS) is 13.7. The monoisotopic (exact) mass is 132 g/mol. The van der Waals surface area contributed by atoms with Crippen LogP contribution in [0.2, 0.25) is 0 Å². The van der Waals surface area contributed by atoms with E-state index in [-0.39, 0.29) is 0 Å². The summed E-state index contributed by atoms with van der Waals surface area (Å²) in [6.45, 7) is 1.92. The summed E-state index contributed by atoms with van der Waals surface area (Å²) in [4.78, 5) is 8.37. The minimum Gasteiger partial charge on any atom is -0.241 e. The van der Waals surface area contributed by atoms with Crippen molar-refractivity contribution in [2.75, 3.05) is 0 Å². The highest BCUT2D eigenvalue weighted by Gasteiger charge is 2.05. The number of fused-ring (bicyclic) bond motifs is 1. The van der Waals surface area contributed by atoms with E-state index in [2.05, 4.69) is 22.1 Å². The zero-order chi connectivity index (χ0) is 6.97. The van der Waals surface area contributed by atoms with Crippen LogP contribution in [0, 0.1) is 6.92 Å². The second-order valence-electron chi connectivity index (χ2n) is 2.43. The van der Waals surface area contributed by atoms with E-state index in [0.29, 0.717) is 0 Å². The molecule has 0 saturated heterocycles. The second kappa shape index (κ2) is 1.90. The molecule has 0 bridgehead atoms. The number of hydrogen-bond acceptors (Lipinski definition) is 2. The van der Waals surface area contributed by atoms with E-state index in [9.17, 15) is 0 Å². The molecular weight excluding hydrogens is 124 g/mol. The van der Waals surface area contributed by atoms with Gasteiger partial charge in [-0.25, -0.2) is 9.97 Å². The maximum atomic E-state index is 4.28. The van der Waals surface area contributed by atoms with Gasteiger partial charge in [0.05, 0.1) is 5.69 Å². The molecule has 1 aromatic heterocycles. The number of rotatable bonds is 0. The minimum absolute atomic E-state index is 0.863. The highest BCUT2D eigenvalue weighted by Crippen LogP contribution is 2.14. The summed E-state index contributed by atoms with van der Waals surface area (Å²) in [5.74, 6) is 0.863. The van der Waals surface area contributed by atoms with E-state index in [4.69, 9.17) is 0 Å². The van der Waals surface area contributed by atoms with Crippen molar-refractivity contribution in [2.45, 2.75) is 13.3 Å². The molecular formula is C8H8N2. The van der Waals surface area contributed by atoms with E-state index in [1.54, 1.807) is 0 Å². The van der Waals surface area contributed by atoms with Crippen LogP contribution < -0.4 is 0 Å². The van der Waals surface area contributed by atoms with Gasteiger partial charge in [0.15, 0.2) is 0 Å². The Morgan fingerprint density at radius 1 is 1.50 bits per heavy atom. The lowest BCUT2D eigenvalue weighted by Gasteiger charge is -1.96. The van der Waals surface area contributed by atoms with Crippen LogP contribution in [-0.2, 0) is 6.42 Å². The van der Waals surface area contributed by atoms with Gasteiger partial charge in [0.2, 0.25) is 0 Å². The average molecular weight is 132 g/mol. The Morgan fingerprint density at radius 2 is 2.40 bits per heavy atom. The second-order valence-corrected chi connectivity index (χ2v) is 2.43. The standard InChI is InChI=1S/C8H8N2/c1-6-9-5-7-3-2-4-8(7)10-6/h2-3,5H,4H2,1H3. The van der Waals surface area contributed by atoms with Gasteiger partial charge in [0.25, 0.3) is 0 Å². The molecule has 0 fully saturated rings. The molecule has 0 unspecified atom stereocenters. The van der Waals surface area contributed by atoms with Crippen LogP contribution >= 0.6 is 0 Å². The van der Waals surface area contributed by atoms with Gasteiger partial charge < -0.3 is 0 Å². The van der Waals surface area contributed by atoms with E-state index < -0.39 is 0 Å². The molecule has 0 atom stereocenters. The predicted molar refractivity (Wildman–Crippen MR) is 39.5 cm³/mol. The van der Waals surface area contributed by atoms with E-state index in [1.807, 2.05) is 13.1 Å². The fourth-order valence-electron chi connectivity index (χ4n) is 1.13. The highest BCUT2D eigenvalue weighted by atomic mass is 14.9. The molecule has 1 heterocycles. The summed E-state index contributed by atoms with van der Waals surface area (Å²) in [6, 6.07) is 0. The summed E-state index contributed by atoms with van der Waals surface area (Å²) < 4.78 is 0. The zero-order valence-corrected chi connectivity index (χ0v) is 5.83. The number of nitrogens with zero attached hydrogens (tertiary/aromatic N) is 2. The summed E-state index contributed by atoms with van der Waals surface area (Å²) in [5.41, 5.74) is 2.33. The van der Waals surface area contributed by atoms with E-state index >= 15 is 0 Å². The summed E-state index contributed by atoms with van der Waals surface area (Å²) in [5, 5.41) is 0. The lowest BCUT2D eigenvalue weighted by molar-refractivity contribution is 0.987. The lowest BCUT2D eigenvalue weighted by Crippen LogP contribution is -1.93. The number of allylic oxidation sites excluding steroid dienone is 1. The van der Waals surface area contributed by atoms with Crippen molar-refractivity contribution in [1.82, 2.24) is 9.97 Å². The van der Waals surface area contributed by atoms with Crippen LogP contribution in [0.15, 0.2) is 12.3 Å². The predicted octanol–water partition coefficient (Wildman–Crippen LogP) is 1.35. The van der Waals surface area contributed by atoms with Gasteiger partial charge in [-0.15, -0.1) is 0 Å². The molecule has 0 amide bonds. The van der Waals surface area contributed by atoms with Gasteiger partial charge >= 0.3 is 0 Å². The van der Waals surface area contributed by atoms with Gasteiger partial charge in [-0.3, -0.25) is 0 Å². The average Bonchev–Trinajstić information content (AvgIpc) is 2.33. The molecule has 50 valence electrons. The lowest BCUT2D eigenvalue weighted by atomic mass is 10.3. The third-order valence-corrected chi connectivity index (χ3v) is 1.63. The van der Waals surface area contributed by atoms with Crippen molar-refractivity contribution in [2.24, 2.45) is 0 Å². The number of aryl methyl sites for hydroxylation is 1. The molecule has 0 N–H and O–H groups in total. The SMILES string of the molecule is Cc1ncc2c(n1)CC=C2. The van der Waals surface area contributed by atoms with Crippen molar-refractivity contribution in [3.63, 3.8) is 0 Å². The molecule has 1 aromatic rings. The Hall–Kier alpha value is -1.18. The van der Waals surface area contributed by atoms with E-state index in [0.717, 1.165) is 17.9 Å². The highest BCUT2D eigenvalue weighted by molar-refractivity contribution is 5.56. The molecule has 2 nitrogen and oxygen atoms in total. The molecule has 0 aromatic carbocycles. The third kappa shape index (κ3) is 0.727. The fourth-order valence-corrected chi connectivity index (χ4v) is 1.13. The molecule has 0 radical (unpaired) electrons. The van der Waals surface area contributed by atoms with Gasteiger partial charge in [-0.1, -0.05) is 12.2 Å². The van der Waals surface area contributed by atoms with Gasteiger partial charge in [-0.05, 0) is 6.92 Å². The first-order valence-electron chi connectivity index (χ1n) is 3.35. The Morgan fingerprint density at radius 3 is 3.30 bits per heavy atom. The van der Waals surface area contributed by atoms with Gasteiger partial charge in [0, 0.05) is 18.2 Å². The van der Waals surface area contributed by atoms with Crippen molar-refractivity contribution >= 4 is 6.08 Å². The van der Waals surface area contributed by atoms with Crippen LogP contribution in [0.4, 0.5) is 0 Å². The molecule has 10 heavy (non-hydrogen) atoms. The smallest absolute Gasteiger partial charge is 0.125 e. The Labute approximate surface area is 59.6 Å². The van der Waals surface area contributed by atoms with Crippen LogP contribution in [0.5, 0.6) is 0 Å². The summed E-state index contributed by atoms with van der Waals surface area (Å²) in [7, 11) is 0. The first-order chi connectivity index (χ1) is 4.86. The topological polar surface area (TPSA) is 25.8 Å². The molecule has 1 aliphatic carbocycles. The minimum atomic E-state index is 0.863. The Bertz CT molecular complexity index is 289. The molecule has 0 spiro atoms. The number of hydrogen-bond donors (Lipinski definition) is 0. The number of aromatic nitrogens is 2. The summed E-state index contributed by atoms with van der Waals surface area (Å²) in [6.07, 6.45) is 7.02.